The van der Waals surface area contributed by atoms with E-state index in [-0.39, 0.29) is 18.0 Å². The van der Waals surface area contributed by atoms with E-state index in [1.54, 1.807) is 44.6 Å². The number of ether oxygens (including phenoxy) is 2. The molecule has 1 saturated heterocycles. The van der Waals surface area contributed by atoms with Crippen molar-refractivity contribution in [3.63, 3.8) is 0 Å². The largest absolute Gasteiger partial charge is 0.493 e. The molecule has 0 radical (unpaired) electrons. The highest BCUT2D eigenvalue weighted by Gasteiger charge is 2.36. The van der Waals surface area contributed by atoms with Gasteiger partial charge >= 0.3 is 0 Å². The topological polar surface area (TPSA) is 71.1 Å². The van der Waals surface area contributed by atoms with Crippen LogP contribution < -0.4 is 19.7 Å². The Morgan fingerprint density at radius 2 is 1.83 bits per heavy atom. The molecule has 158 valence electrons. The van der Waals surface area contributed by atoms with E-state index in [2.05, 4.69) is 10.2 Å². The van der Waals surface area contributed by atoms with Crippen LogP contribution >= 0.6 is 0 Å². The van der Waals surface area contributed by atoms with Crippen molar-refractivity contribution >= 4 is 23.2 Å². The lowest BCUT2D eigenvalue weighted by Gasteiger charge is -2.43. The molecule has 4 rings (SSSR count). The molecule has 30 heavy (non-hydrogen) atoms. The van der Waals surface area contributed by atoms with Crippen LogP contribution in [0.5, 0.6) is 11.5 Å². The fourth-order valence-corrected chi connectivity index (χ4v) is 4.31. The Balaban J connectivity index is 1.60. The standard InChI is InChI=1S/C23H27N3O4/c1-25-18-13-15(22(27)24-16-9-11-19(29-2)20(14-16)30-3)8-10-17(18)23(28)26-12-6-4-5-7-21(25)26/h8-11,13-14,21H,4-7,12H2,1-3H3,(H,24,27)/t21-/m1/s1. The van der Waals surface area contributed by atoms with Gasteiger partial charge in [-0.15, -0.1) is 0 Å². The highest BCUT2D eigenvalue weighted by atomic mass is 16.5. The van der Waals surface area contributed by atoms with Crippen molar-refractivity contribution in [1.82, 2.24) is 4.90 Å². The summed E-state index contributed by atoms with van der Waals surface area (Å²) in [5, 5.41) is 2.90. The Morgan fingerprint density at radius 1 is 1.03 bits per heavy atom. The molecule has 2 aliphatic rings. The van der Waals surface area contributed by atoms with Crippen LogP contribution in [0.25, 0.3) is 0 Å². The van der Waals surface area contributed by atoms with Gasteiger partial charge in [-0.2, -0.15) is 0 Å². The van der Waals surface area contributed by atoms with Gasteiger partial charge in [-0.3, -0.25) is 9.59 Å². The fourth-order valence-electron chi connectivity index (χ4n) is 4.31. The van der Waals surface area contributed by atoms with Crippen molar-refractivity contribution in [3.05, 3.63) is 47.5 Å². The Bertz CT molecular complexity index is 975. The van der Waals surface area contributed by atoms with E-state index >= 15 is 0 Å². The molecule has 0 aromatic heterocycles. The minimum atomic E-state index is -0.242. The maximum atomic E-state index is 13.0. The summed E-state index contributed by atoms with van der Waals surface area (Å²) in [6.45, 7) is 0.787. The molecular weight excluding hydrogens is 382 g/mol. The molecule has 1 fully saturated rings. The third-order valence-corrected chi connectivity index (χ3v) is 5.94. The molecule has 2 aromatic carbocycles. The van der Waals surface area contributed by atoms with Gasteiger partial charge < -0.3 is 24.6 Å². The summed E-state index contributed by atoms with van der Waals surface area (Å²) < 4.78 is 10.5. The Morgan fingerprint density at radius 3 is 2.60 bits per heavy atom. The first-order valence-corrected chi connectivity index (χ1v) is 10.2. The summed E-state index contributed by atoms with van der Waals surface area (Å²) in [6, 6.07) is 10.5. The number of hydrogen-bond donors (Lipinski definition) is 1. The van der Waals surface area contributed by atoms with E-state index in [9.17, 15) is 9.59 Å². The van der Waals surface area contributed by atoms with E-state index in [1.807, 2.05) is 18.0 Å². The lowest BCUT2D eigenvalue weighted by Crippen LogP contribution is -2.53. The number of amides is 2. The fraction of sp³-hybridized carbons (Fsp3) is 0.391. The predicted octanol–water partition coefficient (Wildman–Crippen LogP) is 3.75. The number of rotatable bonds is 4. The van der Waals surface area contributed by atoms with Crippen molar-refractivity contribution in [1.29, 1.82) is 0 Å². The van der Waals surface area contributed by atoms with E-state index < -0.39 is 0 Å². The van der Waals surface area contributed by atoms with Crippen molar-refractivity contribution in [2.24, 2.45) is 0 Å². The maximum Gasteiger partial charge on any atom is 0.257 e. The van der Waals surface area contributed by atoms with Crippen LogP contribution in [0.3, 0.4) is 0 Å². The molecule has 2 amide bonds. The number of hydrogen-bond acceptors (Lipinski definition) is 5. The average Bonchev–Trinajstić information content (AvgIpc) is 3.03. The minimum absolute atomic E-state index is 0.0525. The van der Waals surface area contributed by atoms with Crippen LogP contribution in [0, 0.1) is 0 Å². The summed E-state index contributed by atoms with van der Waals surface area (Å²) in [5.74, 6) is 0.952. The third kappa shape index (κ3) is 3.56. The van der Waals surface area contributed by atoms with Crippen LogP contribution in [0.4, 0.5) is 11.4 Å². The number of nitrogens with one attached hydrogen (secondary N) is 1. The molecule has 1 atom stereocenters. The summed E-state index contributed by atoms with van der Waals surface area (Å²) >= 11 is 0. The first-order chi connectivity index (χ1) is 14.5. The number of carbonyl (C=O) groups excluding carboxylic acids is 2. The molecule has 7 nitrogen and oxygen atoms in total. The molecular formula is C23H27N3O4. The number of carbonyl (C=O) groups is 2. The van der Waals surface area contributed by atoms with E-state index in [0.717, 1.165) is 37.9 Å². The van der Waals surface area contributed by atoms with Crippen LogP contribution in [0.15, 0.2) is 36.4 Å². The molecule has 2 heterocycles. The molecule has 0 spiro atoms. The zero-order valence-corrected chi connectivity index (χ0v) is 17.6. The van der Waals surface area contributed by atoms with Gasteiger partial charge in [0.15, 0.2) is 11.5 Å². The number of benzene rings is 2. The molecule has 0 saturated carbocycles. The van der Waals surface area contributed by atoms with Crippen molar-refractivity contribution in [2.75, 3.05) is 38.0 Å². The zero-order chi connectivity index (χ0) is 21.3. The zero-order valence-electron chi connectivity index (χ0n) is 17.6. The molecule has 0 aliphatic carbocycles. The molecule has 0 bridgehead atoms. The first-order valence-electron chi connectivity index (χ1n) is 10.2. The molecule has 2 aromatic rings. The van der Waals surface area contributed by atoms with Gasteiger partial charge in [0.05, 0.1) is 25.5 Å². The molecule has 2 aliphatic heterocycles. The van der Waals surface area contributed by atoms with Crippen molar-refractivity contribution < 1.29 is 19.1 Å². The lowest BCUT2D eigenvalue weighted by molar-refractivity contribution is 0.0661. The normalized spacial score (nSPS) is 18.2. The van der Waals surface area contributed by atoms with Crippen molar-refractivity contribution in [3.8, 4) is 11.5 Å². The molecule has 7 heteroatoms. The second-order valence-electron chi connectivity index (χ2n) is 7.70. The van der Waals surface area contributed by atoms with Crippen LogP contribution in [-0.4, -0.2) is 50.7 Å². The maximum absolute atomic E-state index is 13.0. The smallest absolute Gasteiger partial charge is 0.257 e. The molecule has 0 unspecified atom stereocenters. The van der Waals surface area contributed by atoms with Gasteiger partial charge in [-0.25, -0.2) is 0 Å². The minimum Gasteiger partial charge on any atom is -0.493 e. The van der Waals surface area contributed by atoms with Crippen molar-refractivity contribution in [2.45, 2.75) is 31.8 Å². The molecule has 1 N–H and O–H groups in total. The second-order valence-corrected chi connectivity index (χ2v) is 7.70. The highest BCUT2D eigenvalue weighted by Crippen LogP contribution is 2.35. The summed E-state index contributed by atoms with van der Waals surface area (Å²) in [4.78, 5) is 30.0. The first kappa shape index (κ1) is 20.1. The van der Waals surface area contributed by atoms with Crippen LogP contribution in [-0.2, 0) is 0 Å². The summed E-state index contributed by atoms with van der Waals surface area (Å²) in [5.41, 5.74) is 2.57. The predicted molar refractivity (Wildman–Crippen MR) is 116 cm³/mol. The SMILES string of the molecule is COc1ccc(NC(=O)c2ccc3c(c2)N(C)[C@H]2CCCCCN2C3=O)cc1OC. The Labute approximate surface area is 176 Å². The number of methoxy groups -OCH3 is 2. The van der Waals surface area contributed by atoms with E-state index in [1.165, 1.54) is 0 Å². The van der Waals surface area contributed by atoms with E-state index in [0.29, 0.717) is 28.3 Å². The van der Waals surface area contributed by atoms with Gasteiger partial charge in [-0.1, -0.05) is 6.42 Å². The monoisotopic (exact) mass is 409 g/mol. The van der Waals surface area contributed by atoms with Crippen LogP contribution in [0.1, 0.15) is 46.4 Å². The van der Waals surface area contributed by atoms with Gasteiger partial charge in [0.1, 0.15) is 6.17 Å². The Kier molecular flexibility index (Phi) is 5.53. The van der Waals surface area contributed by atoms with Gasteiger partial charge in [0, 0.05) is 30.9 Å². The average molecular weight is 409 g/mol. The second kappa shape index (κ2) is 8.26. The van der Waals surface area contributed by atoms with Crippen LogP contribution in [0.2, 0.25) is 0 Å². The number of anilines is 2. The quantitative estimate of drug-likeness (QED) is 0.833. The highest BCUT2D eigenvalue weighted by molar-refractivity contribution is 6.08. The third-order valence-electron chi connectivity index (χ3n) is 5.94. The number of nitrogens with zero attached hydrogens (tertiary/aromatic N) is 2. The van der Waals surface area contributed by atoms with Gasteiger partial charge in [-0.05, 0) is 49.6 Å². The number of fused-ring (bicyclic) bond motifs is 2. The Hall–Kier alpha value is -3.22. The van der Waals surface area contributed by atoms with E-state index in [4.69, 9.17) is 9.47 Å². The summed E-state index contributed by atoms with van der Waals surface area (Å²) in [7, 11) is 5.12. The lowest BCUT2D eigenvalue weighted by atomic mass is 10.0. The summed E-state index contributed by atoms with van der Waals surface area (Å²) in [6.07, 6.45) is 4.29. The van der Waals surface area contributed by atoms with Gasteiger partial charge in [0.25, 0.3) is 11.8 Å². The van der Waals surface area contributed by atoms with Gasteiger partial charge in [0.2, 0.25) is 0 Å².